The zero-order valence-corrected chi connectivity index (χ0v) is 18.5. The van der Waals surface area contributed by atoms with Crippen molar-refractivity contribution in [3.8, 4) is 17.1 Å². The van der Waals surface area contributed by atoms with Crippen molar-refractivity contribution >= 4 is 17.6 Å². The van der Waals surface area contributed by atoms with E-state index in [1.807, 2.05) is 37.4 Å². The van der Waals surface area contributed by atoms with Crippen LogP contribution >= 0.6 is 0 Å². The molecule has 2 heterocycles. The normalized spacial score (nSPS) is 14.5. The van der Waals surface area contributed by atoms with Gasteiger partial charge in [0, 0.05) is 37.3 Å². The molecule has 4 rings (SSSR count). The zero-order chi connectivity index (χ0) is 22.0. The highest BCUT2D eigenvalue weighted by Gasteiger charge is 2.30. The summed E-state index contributed by atoms with van der Waals surface area (Å²) in [5.74, 6) is 1.48. The Bertz CT molecular complexity index is 1050. The number of aryl methyl sites for hydroxylation is 2. The van der Waals surface area contributed by atoms with Crippen LogP contribution in [0.5, 0.6) is 5.75 Å². The van der Waals surface area contributed by atoms with E-state index in [2.05, 4.69) is 41.0 Å². The van der Waals surface area contributed by atoms with Crippen LogP contribution in [-0.4, -0.2) is 43.3 Å². The zero-order valence-electron chi connectivity index (χ0n) is 18.5. The Hall–Kier alpha value is -3.35. The molecule has 1 amide bonds. The molecule has 0 spiro atoms. The number of nitrogens with zero attached hydrogens (tertiary/aromatic N) is 4. The standard InChI is InChI=1S/C24H28N4O3/c1-16-5-8-20(15-17(16)2)27(3)23(29)19-11-13-28(14-12-19)24-25-22(26-31-24)18-6-9-21(30-4)10-7-18/h5-10,15,19H,11-14H2,1-4H3. The molecule has 0 aliphatic carbocycles. The second-order valence-electron chi connectivity index (χ2n) is 8.06. The molecular formula is C24H28N4O3. The lowest BCUT2D eigenvalue weighted by molar-refractivity contribution is -0.122. The van der Waals surface area contributed by atoms with E-state index in [0.717, 1.165) is 29.8 Å². The number of carbonyl (C=O) groups is 1. The molecule has 31 heavy (non-hydrogen) atoms. The van der Waals surface area contributed by atoms with Crippen LogP contribution in [0.2, 0.25) is 0 Å². The number of aromatic nitrogens is 2. The average molecular weight is 421 g/mol. The van der Waals surface area contributed by atoms with Crippen molar-refractivity contribution < 1.29 is 14.1 Å². The van der Waals surface area contributed by atoms with Crippen molar-refractivity contribution in [3.05, 3.63) is 53.6 Å². The lowest BCUT2D eigenvalue weighted by Crippen LogP contribution is -2.41. The van der Waals surface area contributed by atoms with Crippen LogP contribution < -0.4 is 14.5 Å². The Labute approximate surface area is 182 Å². The number of ether oxygens (including phenoxy) is 1. The van der Waals surface area contributed by atoms with Crippen molar-refractivity contribution in [1.82, 2.24) is 10.1 Å². The van der Waals surface area contributed by atoms with Gasteiger partial charge in [0.1, 0.15) is 5.75 Å². The summed E-state index contributed by atoms with van der Waals surface area (Å²) in [6.45, 7) is 5.57. The highest BCUT2D eigenvalue weighted by atomic mass is 16.5. The number of hydrogen-bond donors (Lipinski definition) is 0. The third-order valence-corrected chi connectivity index (χ3v) is 6.09. The molecule has 3 aromatic rings. The van der Waals surface area contributed by atoms with Gasteiger partial charge >= 0.3 is 6.01 Å². The Kier molecular flexibility index (Phi) is 5.93. The number of anilines is 2. The summed E-state index contributed by atoms with van der Waals surface area (Å²) >= 11 is 0. The average Bonchev–Trinajstić information content (AvgIpc) is 3.30. The summed E-state index contributed by atoms with van der Waals surface area (Å²) < 4.78 is 10.7. The van der Waals surface area contributed by atoms with Gasteiger partial charge in [-0.15, -0.1) is 0 Å². The second-order valence-corrected chi connectivity index (χ2v) is 8.06. The van der Waals surface area contributed by atoms with E-state index >= 15 is 0 Å². The van der Waals surface area contributed by atoms with E-state index in [-0.39, 0.29) is 11.8 Å². The number of rotatable bonds is 5. The Morgan fingerprint density at radius 3 is 2.45 bits per heavy atom. The van der Waals surface area contributed by atoms with Gasteiger partial charge in [-0.1, -0.05) is 11.2 Å². The fourth-order valence-corrected chi connectivity index (χ4v) is 3.85. The predicted octanol–water partition coefficient (Wildman–Crippen LogP) is 4.24. The molecule has 0 atom stereocenters. The molecule has 0 radical (unpaired) electrons. The number of hydrogen-bond acceptors (Lipinski definition) is 6. The first kappa shape index (κ1) is 20.9. The number of benzene rings is 2. The molecule has 7 nitrogen and oxygen atoms in total. The Balaban J connectivity index is 1.37. The van der Waals surface area contributed by atoms with Crippen molar-refractivity contribution in [1.29, 1.82) is 0 Å². The molecule has 0 bridgehead atoms. The predicted molar refractivity (Wildman–Crippen MR) is 121 cm³/mol. The quantitative estimate of drug-likeness (QED) is 0.615. The number of methoxy groups -OCH3 is 1. The van der Waals surface area contributed by atoms with Crippen LogP contribution in [0.15, 0.2) is 47.0 Å². The van der Waals surface area contributed by atoms with Gasteiger partial charge in [0.05, 0.1) is 7.11 Å². The lowest BCUT2D eigenvalue weighted by atomic mass is 9.95. The second kappa shape index (κ2) is 8.79. The fraction of sp³-hybridized carbons (Fsp3) is 0.375. The Morgan fingerprint density at radius 1 is 1.10 bits per heavy atom. The third-order valence-electron chi connectivity index (χ3n) is 6.09. The summed E-state index contributed by atoms with van der Waals surface area (Å²) in [6.07, 6.45) is 1.52. The topological polar surface area (TPSA) is 71.7 Å². The highest BCUT2D eigenvalue weighted by Crippen LogP contribution is 2.28. The lowest BCUT2D eigenvalue weighted by Gasteiger charge is -2.32. The van der Waals surface area contributed by atoms with Gasteiger partial charge in [-0.2, -0.15) is 4.98 Å². The van der Waals surface area contributed by atoms with Crippen molar-refractivity contribution in [2.45, 2.75) is 26.7 Å². The van der Waals surface area contributed by atoms with E-state index < -0.39 is 0 Å². The Morgan fingerprint density at radius 2 is 1.81 bits per heavy atom. The molecule has 0 N–H and O–H groups in total. The maximum absolute atomic E-state index is 13.0. The molecule has 2 aromatic carbocycles. The largest absolute Gasteiger partial charge is 0.497 e. The summed E-state index contributed by atoms with van der Waals surface area (Å²) in [5, 5.41) is 4.11. The molecule has 1 aliphatic heterocycles. The van der Waals surface area contributed by atoms with Crippen LogP contribution in [0, 0.1) is 19.8 Å². The molecule has 1 fully saturated rings. The smallest absolute Gasteiger partial charge is 0.324 e. The third kappa shape index (κ3) is 4.40. The molecule has 7 heteroatoms. The maximum atomic E-state index is 13.0. The molecule has 1 aromatic heterocycles. The van der Waals surface area contributed by atoms with Gasteiger partial charge in [-0.3, -0.25) is 4.79 Å². The summed E-state index contributed by atoms with van der Waals surface area (Å²) in [7, 11) is 3.49. The van der Waals surface area contributed by atoms with E-state index in [1.54, 1.807) is 12.0 Å². The van der Waals surface area contributed by atoms with Crippen LogP contribution in [0.3, 0.4) is 0 Å². The first-order chi connectivity index (χ1) is 15.0. The molecule has 1 saturated heterocycles. The van der Waals surface area contributed by atoms with Crippen molar-refractivity contribution in [2.24, 2.45) is 5.92 Å². The van der Waals surface area contributed by atoms with Crippen molar-refractivity contribution in [3.63, 3.8) is 0 Å². The summed E-state index contributed by atoms with van der Waals surface area (Å²) in [6, 6.07) is 14.2. The molecular weight excluding hydrogens is 392 g/mol. The molecule has 1 aliphatic rings. The summed E-state index contributed by atoms with van der Waals surface area (Å²) in [5.41, 5.74) is 4.23. The molecule has 162 valence electrons. The minimum Gasteiger partial charge on any atom is -0.497 e. The van der Waals surface area contributed by atoms with Crippen molar-refractivity contribution in [2.75, 3.05) is 37.0 Å². The number of amides is 1. The summed E-state index contributed by atoms with van der Waals surface area (Å²) in [4.78, 5) is 21.4. The minimum absolute atomic E-state index is 0.00756. The number of piperidine rings is 1. The van der Waals surface area contributed by atoms with E-state index in [9.17, 15) is 4.79 Å². The minimum atomic E-state index is -0.00756. The SMILES string of the molecule is COc1ccc(-c2noc(N3CCC(C(=O)N(C)c4ccc(C)c(C)c4)CC3)n2)cc1. The molecule has 0 saturated carbocycles. The van der Waals surface area contributed by atoms with E-state index in [4.69, 9.17) is 9.26 Å². The van der Waals surface area contributed by atoms with E-state index in [1.165, 1.54) is 11.1 Å². The number of carbonyl (C=O) groups excluding carboxylic acids is 1. The van der Waals surface area contributed by atoms with Gasteiger partial charge in [-0.05, 0) is 74.2 Å². The van der Waals surface area contributed by atoms with E-state index in [0.29, 0.717) is 24.9 Å². The fourth-order valence-electron chi connectivity index (χ4n) is 3.85. The van der Waals surface area contributed by atoms with Gasteiger partial charge in [-0.25, -0.2) is 0 Å². The van der Waals surface area contributed by atoms with Crippen LogP contribution in [0.25, 0.3) is 11.4 Å². The monoisotopic (exact) mass is 420 g/mol. The van der Waals surface area contributed by atoms with Gasteiger partial charge in [0.25, 0.3) is 0 Å². The first-order valence-corrected chi connectivity index (χ1v) is 10.5. The maximum Gasteiger partial charge on any atom is 0.324 e. The van der Waals surface area contributed by atoms with Gasteiger partial charge < -0.3 is 19.1 Å². The molecule has 0 unspecified atom stereocenters. The highest BCUT2D eigenvalue weighted by molar-refractivity contribution is 5.94. The first-order valence-electron chi connectivity index (χ1n) is 10.5. The van der Waals surface area contributed by atoms with Crippen LogP contribution in [0.4, 0.5) is 11.7 Å². The van der Waals surface area contributed by atoms with Gasteiger partial charge in [0.2, 0.25) is 11.7 Å². The van der Waals surface area contributed by atoms with Crippen LogP contribution in [0.1, 0.15) is 24.0 Å². The van der Waals surface area contributed by atoms with Gasteiger partial charge in [0.15, 0.2) is 0 Å². The van der Waals surface area contributed by atoms with Crippen LogP contribution in [-0.2, 0) is 4.79 Å².